The summed E-state index contributed by atoms with van der Waals surface area (Å²) in [5.74, 6) is 0. The molecule has 1 unspecified atom stereocenters. The number of nitriles is 1. The third-order valence-electron chi connectivity index (χ3n) is 5.67. The van der Waals surface area contributed by atoms with E-state index in [4.69, 9.17) is 5.26 Å². The summed E-state index contributed by atoms with van der Waals surface area (Å²) in [7, 11) is 0. The van der Waals surface area contributed by atoms with Crippen LogP contribution < -0.4 is 4.90 Å². The number of benzene rings is 3. The van der Waals surface area contributed by atoms with Crippen LogP contribution in [0.15, 0.2) is 101 Å². The molecule has 1 N–H and O–H groups in total. The molecule has 1 atom stereocenters. The Bertz CT molecular complexity index is 1150. The Hall–Kier alpha value is -3.20. The lowest BCUT2D eigenvalue weighted by Crippen LogP contribution is -2.31. The zero-order valence-corrected chi connectivity index (χ0v) is 20.9. The van der Waals surface area contributed by atoms with Gasteiger partial charge >= 0.3 is 0 Å². The number of hydrogen-bond acceptors (Lipinski definition) is 4. The van der Waals surface area contributed by atoms with Gasteiger partial charge in [-0.05, 0) is 66.9 Å². The van der Waals surface area contributed by atoms with Crippen LogP contribution in [0.1, 0.15) is 42.6 Å². The van der Waals surface area contributed by atoms with Crippen LogP contribution in [-0.2, 0) is 6.42 Å². The van der Waals surface area contributed by atoms with Crippen LogP contribution in [0.5, 0.6) is 0 Å². The Balaban J connectivity index is 0.00000324. The predicted molar refractivity (Wildman–Crippen MR) is 143 cm³/mol. The molecule has 0 aliphatic rings. The van der Waals surface area contributed by atoms with E-state index in [9.17, 15) is 0 Å². The number of nitrogens with one attached hydrogen (secondary N) is 1. The van der Waals surface area contributed by atoms with E-state index in [0.29, 0.717) is 5.56 Å². The zero-order chi connectivity index (χ0) is 22.9. The molecule has 4 rings (SSSR count). The highest BCUT2D eigenvalue weighted by Crippen LogP contribution is 2.33. The molecule has 4 nitrogen and oxygen atoms in total. The molecule has 0 aliphatic heterocycles. The highest BCUT2D eigenvalue weighted by molar-refractivity contribution is 7.99. The molecule has 1 aromatic heterocycles. The van der Waals surface area contributed by atoms with Gasteiger partial charge in [-0.15, -0.1) is 12.4 Å². The lowest BCUT2D eigenvalue weighted by atomic mass is 10.00. The molecule has 0 bridgehead atoms. The van der Waals surface area contributed by atoms with E-state index in [1.165, 1.54) is 21.0 Å². The quantitative estimate of drug-likeness (QED) is 0.252. The minimum Gasteiger partial charge on any atom is -0.363 e. The van der Waals surface area contributed by atoms with E-state index < -0.39 is 0 Å². The summed E-state index contributed by atoms with van der Waals surface area (Å²) in [6.45, 7) is 3.19. The molecular weight excluding hydrogens is 460 g/mol. The summed E-state index contributed by atoms with van der Waals surface area (Å²) in [5, 5.41) is 9.14. The average molecular weight is 489 g/mol. The van der Waals surface area contributed by atoms with Crippen LogP contribution in [0.3, 0.4) is 0 Å². The molecule has 0 fully saturated rings. The molecule has 0 radical (unpaired) electrons. The Labute approximate surface area is 212 Å². The van der Waals surface area contributed by atoms with Gasteiger partial charge in [-0.1, -0.05) is 55.4 Å². The minimum absolute atomic E-state index is 0. The molecule has 174 valence electrons. The van der Waals surface area contributed by atoms with Gasteiger partial charge in [-0.3, -0.25) is 0 Å². The first kappa shape index (κ1) is 25.4. The van der Waals surface area contributed by atoms with Gasteiger partial charge in [0.2, 0.25) is 0 Å². The summed E-state index contributed by atoms with van der Waals surface area (Å²) < 4.78 is 0. The number of unbranched alkanes of at least 4 members (excludes halogenated alkanes) is 1. The van der Waals surface area contributed by atoms with Crippen molar-refractivity contribution in [2.45, 2.75) is 42.0 Å². The van der Waals surface area contributed by atoms with Gasteiger partial charge in [-0.2, -0.15) is 5.26 Å². The maximum Gasteiger partial charge on any atom is 0.0991 e. The fourth-order valence-electron chi connectivity index (χ4n) is 3.90. The second-order valence-electron chi connectivity index (χ2n) is 7.99. The SMILES string of the molecule is CCCCN(c1ccc(Sc2ccccc2)cc1)C(Cc1ccc(C#N)cc1)c1cnc[nH]1.Cl. The smallest absolute Gasteiger partial charge is 0.0991 e. The van der Waals surface area contributed by atoms with E-state index in [1.54, 1.807) is 18.1 Å². The van der Waals surface area contributed by atoms with Gasteiger partial charge in [0.05, 0.1) is 35.9 Å². The normalized spacial score (nSPS) is 11.3. The van der Waals surface area contributed by atoms with Crippen molar-refractivity contribution in [1.29, 1.82) is 5.26 Å². The standard InChI is InChI=1S/C28H28N4S.ClH/c1-2-3-17-32(24-13-15-26(16-14-24)33-25-7-5-4-6-8-25)28(27-20-30-21-31-27)18-22-9-11-23(19-29)12-10-22;/h4-16,20-21,28H,2-3,17-18H2,1H3,(H,30,31);1H. The first-order valence-corrected chi connectivity index (χ1v) is 12.2. The van der Waals surface area contributed by atoms with Crippen LogP contribution in [0, 0.1) is 11.3 Å². The third-order valence-corrected chi connectivity index (χ3v) is 6.68. The van der Waals surface area contributed by atoms with Crippen molar-refractivity contribution >= 4 is 29.9 Å². The van der Waals surface area contributed by atoms with Crippen LogP contribution in [0.2, 0.25) is 0 Å². The molecule has 0 amide bonds. The summed E-state index contributed by atoms with van der Waals surface area (Å²) in [4.78, 5) is 12.6. The molecule has 6 heteroatoms. The van der Waals surface area contributed by atoms with E-state index in [1.807, 2.05) is 24.4 Å². The molecule has 0 saturated heterocycles. The topological polar surface area (TPSA) is 55.7 Å². The minimum atomic E-state index is 0. The number of H-pyrrole nitrogens is 1. The number of aromatic amines is 1. The molecular formula is C28H29ClN4S. The number of hydrogen-bond donors (Lipinski definition) is 1. The number of halogens is 1. The first-order valence-electron chi connectivity index (χ1n) is 11.3. The van der Waals surface area contributed by atoms with Gasteiger partial charge in [-0.25, -0.2) is 4.98 Å². The van der Waals surface area contributed by atoms with Gasteiger partial charge < -0.3 is 9.88 Å². The van der Waals surface area contributed by atoms with Crippen molar-refractivity contribution < 1.29 is 0 Å². The lowest BCUT2D eigenvalue weighted by Gasteiger charge is -2.33. The fourth-order valence-corrected chi connectivity index (χ4v) is 4.74. The molecule has 0 saturated carbocycles. The summed E-state index contributed by atoms with van der Waals surface area (Å²) in [6, 6.07) is 29.6. The van der Waals surface area contributed by atoms with Crippen molar-refractivity contribution in [2.75, 3.05) is 11.4 Å². The van der Waals surface area contributed by atoms with Crippen molar-refractivity contribution in [3.05, 3.63) is 108 Å². The third kappa shape index (κ3) is 6.66. The molecule has 34 heavy (non-hydrogen) atoms. The molecule has 1 heterocycles. The lowest BCUT2D eigenvalue weighted by molar-refractivity contribution is 0.584. The van der Waals surface area contributed by atoms with E-state index in [0.717, 1.165) is 31.5 Å². The fraction of sp³-hybridized carbons (Fsp3) is 0.214. The van der Waals surface area contributed by atoms with Crippen LogP contribution in [0.25, 0.3) is 0 Å². The molecule has 3 aromatic carbocycles. The second kappa shape index (κ2) is 12.9. The molecule has 4 aromatic rings. The molecule has 0 aliphatic carbocycles. The van der Waals surface area contributed by atoms with Crippen molar-refractivity contribution in [2.24, 2.45) is 0 Å². The van der Waals surface area contributed by atoms with Crippen LogP contribution >= 0.6 is 24.2 Å². The van der Waals surface area contributed by atoms with Crippen molar-refractivity contribution in [3.63, 3.8) is 0 Å². The Kier molecular flexibility index (Phi) is 9.63. The van der Waals surface area contributed by atoms with Gasteiger partial charge in [0.25, 0.3) is 0 Å². The van der Waals surface area contributed by atoms with Crippen molar-refractivity contribution in [1.82, 2.24) is 9.97 Å². The first-order chi connectivity index (χ1) is 16.3. The van der Waals surface area contributed by atoms with Gasteiger partial charge in [0.15, 0.2) is 0 Å². The number of aromatic nitrogens is 2. The number of rotatable bonds is 10. The predicted octanol–water partition coefficient (Wildman–Crippen LogP) is 7.44. The summed E-state index contributed by atoms with van der Waals surface area (Å²) in [5.41, 5.74) is 4.19. The number of imidazole rings is 1. The number of anilines is 1. The Morgan fingerprint density at radius 3 is 2.29 bits per heavy atom. The average Bonchev–Trinajstić information content (AvgIpc) is 3.40. The van der Waals surface area contributed by atoms with E-state index in [-0.39, 0.29) is 18.4 Å². The Morgan fingerprint density at radius 1 is 0.971 bits per heavy atom. The maximum absolute atomic E-state index is 9.14. The van der Waals surface area contributed by atoms with Crippen LogP contribution in [-0.4, -0.2) is 16.5 Å². The highest BCUT2D eigenvalue weighted by atomic mass is 35.5. The monoisotopic (exact) mass is 488 g/mol. The van der Waals surface area contributed by atoms with E-state index in [2.05, 4.69) is 88.5 Å². The second-order valence-corrected chi connectivity index (χ2v) is 9.14. The molecule has 0 spiro atoms. The summed E-state index contributed by atoms with van der Waals surface area (Å²) >= 11 is 1.78. The zero-order valence-electron chi connectivity index (χ0n) is 19.2. The van der Waals surface area contributed by atoms with Crippen molar-refractivity contribution in [3.8, 4) is 6.07 Å². The Morgan fingerprint density at radius 2 is 1.68 bits per heavy atom. The largest absolute Gasteiger partial charge is 0.363 e. The van der Waals surface area contributed by atoms with Gasteiger partial charge in [0.1, 0.15) is 0 Å². The number of nitrogens with zero attached hydrogens (tertiary/aromatic N) is 3. The van der Waals surface area contributed by atoms with Crippen LogP contribution in [0.4, 0.5) is 5.69 Å². The highest BCUT2D eigenvalue weighted by Gasteiger charge is 2.22. The van der Waals surface area contributed by atoms with Gasteiger partial charge in [0, 0.05) is 22.0 Å². The van der Waals surface area contributed by atoms with E-state index >= 15 is 0 Å². The maximum atomic E-state index is 9.14. The summed E-state index contributed by atoms with van der Waals surface area (Å²) in [6.07, 6.45) is 6.74.